The Bertz CT molecular complexity index is 547. The number of aliphatic hydroxyl groups excluding tert-OH is 1. The Labute approximate surface area is 112 Å². The number of aryl methyl sites for hydroxylation is 2. The van der Waals surface area contributed by atoms with Gasteiger partial charge >= 0.3 is 0 Å². The van der Waals surface area contributed by atoms with Gasteiger partial charge in [0, 0.05) is 18.4 Å². The third-order valence-electron chi connectivity index (χ3n) is 3.46. The molecule has 0 fully saturated rings. The molecule has 0 spiro atoms. The summed E-state index contributed by atoms with van der Waals surface area (Å²) < 4.78 is 0. The van der Waals surface area contributed by atoms with Gasteiger partial charge in [-0.3, -0.25) is 0 Å². The molecule has 0 aliphatic rings. The molecule has 2 aromatic rings. The number of rotatable bonds is 5. The lowest BCUT2D eigenvalue weighted by Crippen LogP contribution is -2.42. The molecule has 0 aliphatic heterocycles. The van der Waals surface area contributed by atoms with Crippen LogP contribution in [-0.2, 0) is 18.9 Å². The number of tetrazole rings is 1. The van der Waals surface area contributed by atoms with E-state index in [1.165, 1.54) is 4.80 Å². The van der Waals surface area contributed by atoms with Gasteiger partial charge < -0.3 is 10.8 Å². The molecule has 2 rings (SSSR count). The number of hydrogen-bond acceptors (Lipinski definition) is 5. The van der Waals surface area contributed by atoms with Crippen LogP contribution in [-0.4, -0.2) is 38.5 Å². The minimum absolute atomic E-state index is 0.0490. The Morgan fingerprint density at radius 3 is 2.63 bits per heavy atom. The summed E-state index contributed by atoms with van der Waals surface area (Å²) in [5.41, 5.74) is 7.51. The summed E-state index contributed by atoms with van der Waals surface area (Å²) in [6.07, 6.45) is 0.471. The maximum Gasteiger partial charge on any atom is 0.175 e. The molecule has 0 saturated carbocycles. The van der Waals surface area contributed by atoms with E-state index in [4.69, 9.17) is 5.73 Å². The second-order valence-electron chi connectivity index (χ2n) is 4.83. The first-order chi connectivity index (χ1) is 9.11. The lowest BCUT2D eigenvalue weighted by molar-refractivity contribution is 0.193. The number of nitrogens with two attached hydrogens (primary N) is 1. The normalized spacial score (nSPS) is 14.3. The smallest absolute Gasteiger partial charge is 0.175 e. The van der Waals surface area contributed by atoms with Crippen LogP contribution in [0.2, 0.25) is 0 Å². The molecule has 6 nitrogen and oxygen atoms in total. The zero-order chi connectivity index (χ0) is 13.9. The molecule has 102 valence electrons. The highest BCUT2D eigenvalue weighted by molar-refractivity contribution is 5.35. The molecule has 1 heterocycles. The van der Waals surface area contributed by atoms with Gasteiger partial charge in [0.25, 0.3) is 0 Å². The molecule has 0 bridgehead atoms. The number of aliphatic hydroxyl groups is 1. The lowest BCUT2D eigenvalue weighted by Gasteiger charge is -2.31. The maximum absolute atomic E-state index is 9.86. The van der Waals surface area contributed by atoms with Gasteiger partial charge in [0.15, 0.2) is 5.82 Å². The predicted octanol–water partition coefficient (Wildman–Crippen LogP) is -0.0500. The van der Waals surface area contributed by atoms with Gasteiger partial charge in [0.1, 0.15) is 0 Å². The summed E-state index contributed by atoms with van der Waals surface area (Å²) in [5, 5.41) is 21.8. The van der Waals surface area contributed by atoms with Crippen molar-refractivity contribution in [2.75, 3.05) is 13.2 Å². The molecule has 0 saturated heterocycles. The second-order valence-corrected chi connectivity index (χ2v) is 4.83. The summed E-state index contributed by atoms with van der Waals surface area (Å²) in [6, 6.07) is 7.93. The molecule has 6 heteroatoms. The van der Waals surface area contributed by atoms with Crippen molar-refractivity contribution >= 4 is 0 Å². The van der Waals surface area contributed by atoms with Crippen molar-refractivity contribution in [1.82, 2.24) is 20.2 Å². The van der Waals surface area contributed by atoms with E-state index < -0.39 is 5.41 Å². The predicted molar refractivity (Wildman–Crippen MR) is 71.5 cm³/mol. The van der Waals surface area contributed by atoms with Gasteiger partial charge in [0.05, 0.1) is 13.7 Å². The molecule has 0 aliphatic carbocycles. The first-order valence-electron chi connectivity index (χ1n) is 6.21. The first-order valence-corrected chi connectivity index (χ1v) is 6.21. The van der Waals surface area contributed by atoms with Crippen LogP contribution in [0.1, 0.15) is 17.0 Å². The van der Waals surface area contributed by atoms with E-state index in [0.717, 1.165) is 11.1 Å². The Balaban J connectivity index is 2.40. The summed E-state index contributed by atoms with van der Waals surface area (Å²) >= 11 is 0. The van der Waals surface area contributed by atoms with E-state index >= 15 is 0 Å². The highest BCUT2D eigenvalue weighted by Crippen LogP contribution is 2.28. The highest BCUT2D eigenvalue weighted by Gasteiger charge is 2.33. The SMILES string of the molecule is Cc1ccccc1C(CN)(CO)Cc1nnn(C)n1. The Morgan fingerprint density at radius 2 is 2.11 bits per heavy atom. The highest BCUT2D eigenvalue weighted by atomic mass is 16.3. The molecule has 0 radical (unpaired) electrons. The van der Waals surface area contributed by atoms with Gasteiger partial charge in [-0.1, -0.05) is 24.3 Å². The molecule has 1 aromatic carbocycles. The molecule has 19 heavy (non-hydrogen) atoms. The third kappa shape index (κ3) is 2.64. The monoisotopic (exact) mass is 261 g/mol. The van der Waals surface area contributed by atoms with Crippen molar-refractivity contribution in [2.45, 2.75) is 18.8 Å². The number of benzene rings is 1. The van der Waals surface area contributed by atoms with Crippen molar-refractivity contribution in [3.8, 4) is 0 Å². The van der Waals surface area contributed by atoms with Crippen LogP contribution in [0.4, 0.5) is 0 Å². The van der Waals surface area contributed by atoms with Crippen molar-refractivity contribution in [2.24, 2.45) is 12.8 Å². The quantitative estimate of drug-likeness (QED) is 0.787. The van der Waals surface area contributed by atoms with Crippen LogP contribution >= 0.6 is 0 Å². The van der Waals surface area contributed by atoms with Crippen molar-refractivity contribution in [3.63, 3.8) is 0 Å². The molecular formula is C13H19N5O. The summed E-state index contributed by atoms with van der Waals surface area (Å²) in [6.45, 7) is 2.29. The summed E-state index contributed by atoms with van der Waals surface area (Å²) in [5.74, 6) is 0.588. The van der Waals surface area contributed by atoms with Crippen molar-refractivity contribution in [1.29, 1.82) is 0 Å². The number of nitrogens with zero attached hydrogens (tertiary/aromatic N) is 4. The van der Waals surface area contributed by atoms with Crippen molar-refractivity contribution < 1.29 is 5.11 Å². The fourth-order valence-corrected chi connectivity index (χ4v) is 2.35. The Hall–Kier alpha value is -1.79. The average molecular weight is 261 g/mol. The van der Waals surface area contributed by atoms with E-state index in [0.29, 0.717) is 18.8 Å². The van der Waals surface area contributed by atoms with Crippen LogP contribution in [0.5, 0.6) is 0 Å². The van der Waals surface area contributed by atoms with E-state index in [-0.39, 0.29) is 6.61 Å². The van der Waals surface area contributed by atoms with Crippen LogP contribution < -0.4 is 5.73 Å². The van der Waals surface area contributed by atoms with Crippen LogP contribution in [0.3, 0.4) is 0 Å². The van der Waals surface area contributed by atoms with Crippen molar-refractivity contribution in [3.05, 3.63) is 41.2 Å². The molecule has 3 N–H and O–H groups in total. The van der Waals surface area contributed by atoms with E-state index in [1.807, 2.05) is 31.2 Å². The third-order valence-corrected chi connectivity index (χ3v) is 3.46. The van der Waals surface area contributed by atoms with Gasteiger partial charge in [-0.2, -0.15) is 4.80 Å². The lowest BCUT2D eigenvalue weighted by atomic mass is 9.76. The van der Waals surface area contributed by atoms with Crippen LogP contribution in [0, 0.1) is 6.92 Å². The summed E-state index contributed by atoms with van der Waals surface area (Å²) in [4.78, 5) is 1.41. The van der Waals surface area contributed by atoms with Gasteiger partial charge in [-0.15, -0.1) is 10.2 Å². The molecule has 1 aromatic heterocycles. The van der Waals surface area contributed by atoms with Gasteiger partial charge in [-0.25, -0.2) is 0 Å². The topological polar surface area (TPSA) is 89.9 Å². The molecule has 0 amide bonds. The number of aromatic nitrogens is 4. The van der Waals surface area contributed by atoms with Gasteiger partial charge in [-0.05, 0) is 23.3 Å². The minimum atomic E-state index is -0.561. The minimum Gasteiger partial charge on any atom is -0.395 e. The summed E-state index contributed by atoms with van der Waals surface area (Å²) in [7, 11) is 1.72. The zero-order valence-electron chi connectivity index (χ0n) is 11.2. The second kappa shape index (κ2) is 5.46. The Morgan fingerprint density at radius 1 is 1.37 bits per heavy atom. The Kier molecular flexibility index (Phi) is 3.92. The standard InChI is InChI=1S/C13H19N5O/c1-10-5-3-4-6-11(10)13(8-14,9-19)7-12-15-17-18(2)16-12/h3-6,19H,7-9,14H2,1-2H3. The fraction of sp³-hybridized carbons (Fsp3) is 0.462. The van der Waals surface area contributed by atoms with E-state index in [2.05, 4.69) is 15.4 Å². The van der Waals surface area contributed by atoms with E-state index in [1.54, 1.807) is 7.05 Å². The fourth-order valence-electron chi connectivity index (χ4n) is 2.35. The largest absolute Gasteiger partial charge is 0.395 e. The van der Waals surface area contributed by atoms with E-state index in [9.17, 15) is 5.11 Å². The molecule has 1 unspecified atom stereocenters. The van der Waals surface area contributed by atoms with Gasteiger partial charge in [0.2, 0.25) is 0 Å². The molecule has 1 atom stereocenters. The molecular weight excluding hydrogens is 242 g/mol. The first kappa shape index (κ1) is 13.6. The van der Waals surface area contributed by atoms with Crippen LogP contribution in [0.25, 0.3) is 0 Å². The maximum atomic E-state index is 9.86. The number of hydrogen-bond donors (Lipinski definition) is 2. The van der Waals surface area contributed by atoms with Crippen LogP contribution in [0.15, 0.2) is 24.3 Å². The zero-order valence-corrected chi connectivity index (χ0v) is 11.2. The average Bonchev–Trinajstić information content (AvgIpc) is 2.82.